The van der Waals surface area contributed by atoms with Crippen LogP contribution in [0.5, 0.6) is 34.5 Å². The van der Waals surface area contributed by atoms with Crippen LogP contribution in [0, 0.1) is 0 Å². The molecule has 4 aromatic rings. The highest BCUT2D eigenvalue weighted by Crippen LogP contribution is 2.59. The molecule has 6 atom stereocenters. The Hall–Kier alpha value is -4.80. The van der Waals surface area contributed by atoms with Crippen molar-refractivity contribution in [2.75, 3.05) is 159 Å². The van der Waals surface area contributed by atoms with Gasteiger partial charge in [0.05, 0.1) is 124 Å². The molecule has 6 aliphatic heterocycles. The lowest BCUT2D eigenvalue weighted by Crippen LogP contribution is -2.29. The number of rotatable bonds is 38. The fourth-order valence-electron chi connectivity index (χ4n) is 8.85. The molecule has 1 aliphatic carbocycles. The third kappa shape index (κ3) is 13.9. The van der Waals surface area contributed by atoms with Crippen molar-refractivity contribution in [3.8, 4) is 45.6 Å². The number of hydrogen-bond donors (Lipinski definition) is 0. The van der Waals surface area contributed by atoms with Gasteiger partial charge in [0, 0.05) is 0 Å². The third-order valence-corrected chi connectivity index (χ3v) is 13.0. The molecule has 6 heterocycles. The molecular formula is C55H66O18. The Morgan fingerprint density at radius 3 is 0.836 bits per heavy atom. The van der Waals surface area contributed by atoms with Crippen molar-refractivity contribution in [3.63, 3.8) is 0 Å². The first-order valence-electron chi connectivity index (χ1n) is 25.7. The minimum atomic E-state index is -1.03. The lowest BCUT2D eigenvalue weighted by Gasteiger charge is -2.35. The Labute approximate surface area is 425 Å². The Morgan fingerprint density at radius 2 is 0.575 bits per heavy atom. The average Bonchev–Trinajstić information content (AvgIpc) is 4.18. The van der Waals surface area contributed by atoms with Crippen molar-refractivity contribution >= 4 is 0 Å². The van der Waals surface area contributed by atoms with Crippen LogP contribution in [0.3, 0.4) is 0 Å². The van der Waals surface area contributed by atoms with Gasteiger partial charge in [-0.05, 0) is 57.6 Å². The molecule has 73 heavy (non-hydrogen) atoms. The molecule has 0 aromatic heterocycles. The Balaban J connectivity index is 1.01. The summed E-state index contributed by atoms with van der Waals surface area (Å²) in [6, 6.07) is 25.2. The average molecular weight is 1020 g/mol. The van der Waals surface area contributed by atoms with Gasteiger partial charge in [0.1, 0.15) is 76.3 Å². The van der Waals surface area contributed by atoms with Crippen LogP contribution in [-0.4, -0.2) is 195 Å². The summed E-state index contributed by atoms with van der Waals surface area (Å²) >= 11 is 0. The van der Waals surface area contributed by atoms with Crippen LogP contribution in [0.25, 0.3) is 11.1 Å². The van der Waals surface area contributed by atoms with Crippen LogP contribution in [-0.2, 0) is 62.3 Å². The van der Waals surface area contributed by atoms with Gasteiger partial charge < -0.3 is 85.3 Å². The SMILES string of the molecule is c1ccc2c(c1)-c1ccccc1C2(c1cc(OCCOCC2CO2)c(OCCOCC2CO2)c(OCCOCC2CO2)c1)c1cc(OCCOCC2CO2)c(OCCOCC2CO2)c(OCCOCC2CO2)c1. The van der Waals surface area contributed by atoms with Gasteiger partial charge >= 0.3 is 0 Å². The maximum absolute atomic E-state index is 6.74. The fourth-order valence-corrected chi connectivity index (χ4v) is 8.85. The van der Waals surface area contributed by atoms with Crippen molar-refractivity contribution in [1.29, 1.82) is 0 Å². The maximum Gasteiger partial charge on any atom is 0.203 e. The van der Waals surface area contributed by atoms with Crippen LogP contribution in [0.2, 0.25) is 0 Å². The second-order valence-electron chi connectivity index (χ2n) is 18.7. The summed E-state index contributed by atoms with van der Waals surface area (Å²) in [4.78, 5) is 0. The molecule has 7 aliphatic rings. The van der Waals surface area contributed by atoms with Gasteiger partial charge in [0.25, 0.3) is 0 Å². The zero-order chi connectivity index (χ0) is 49.1. The topological polar surface area (TPSA) is 186 Å². The second kappa shape index (κ2) is 24.7. The van der Waals surface area contributed by atoms with Crippen LogP contribution in [0.4, 0.5) is 0 Å². The molecule has 6 unspecified atom stereocenters. The number of benzene rings is 4. The molecular weight excluding hydrogens is 949 g/mol. The van der Waals surface area contributed by atoms with E-state index in [2.05, 4.69) is 72.8 Å². The molecule has 0 saturated carbocycles. The van der Waals surface area contributed by atoms with E-state index in [1.165, 1.54) is 0 Å². The van der Waals surface area contributed by atoms with Crippen molar-refractivity contribution < 1.29 is 85.3 Å². The molecule has 0 bridgehead atoms. The van der Waals surface area contributed by atoms with E-state index in [1.54, 1.807) is 0 Å². The molecule has 394 valence electrons. The summed E-state index contributed by atoms with van der Waals surface area (Å²) in [5.74, 6) is 2.74. The number of fused-ring (bicyclic) bond motifs is 3. The van der Waals surface area contributed by atoms with E-state index in [0.29, 0.717) is 153 Å². The van der Waals surface area contributed by atoms with Crippen LogP contribution >= 0.6 is 0 Å². The van der Waals surface area contributed by atoms with E-state index in [-0.39, 0.29) is 76.3 Å². The minimum absolute atomic E-state index is 0.115. The highest BCUT2D eigenvalue weighted by molar-refractivity contribution is 5.87. The molecule has 0 N–H and O–H groups in total. The standard InChI is InChI=1S/C55H66O18/c1-3-7-47-45(5-1)46-6-2-4-8-48(46)55(47,37-21-49(62-15-9-56-25-39-31-68-39)53(66-19-13-60-29-43-35-72-43)50(22-37)63-16-10-57-26-40-32-69-40)38-23-51(64-17-11-58-27-41-33-70-41)54(67-20-14-61-30-44-36-73-44)52(24-38)65-18-12-59-28-42-34-71-42/h1-8,21-24,39-44H,9-20,25-36H2. The zero-order valence-corrected chi connectivity index (χ0v) is 41.2. The summed E-state index contributed by atoms with van der Waals surface area (Å²) in [6.45, 7) is 10.5. The maximum atomic E-state index is 6.74. The van der Waals surface area contributed by atoms with Gasteiger partial charge in [-0.1, -0.05) is 48.5 Å². The first-order valence-corrected chi connectivity index (χ1v) is 25.7. The lowest BCUT2D eigenvalue weighted by atomic mass is 9.67. The second-order valence-corrected chi connectivity index (χ2v) is 18.7. The molecule has 0 amide bonds. The largest absolute Gasteiger partial charge is 0.487 e. The molecule has 4 aromatic carbocycles. The number of ether oxygens (including phenoxy) is 18. The van der Waals surface area contributed by atoms with E-state index < -0.39 is 5.41 Å². The minimum Gasteiger partial charge on any atom is -0.487 e. The Kier molecular flexibility index (Phi) is 17.0. The molecule has 11 rings (SSSR count). The lowest BCUT2D eigenvalue weighted by molar-refractivity contribution is 0.0749. The summed E-state index contributed by atoms with van der Waals surface area (Å²) in [5.41, 5.74) is 4.84. The molecule has 6 saturated heterocycles. The molecule has 6 fully saturated rings. The predicted molar refractivity (Wildman–Crippen MR) is 260 cm³/mol. The molecule has 18 heteroatoms. The van der Waals surface area contributed by atoms with Crippen molar-refractivity contribution in [2.24, 2.45) is 0 Å². The van der Waals surface area contributed by atoms with Crippen molar-refractivity contribution in [1.82, 2.24) is 0 Å². The predicted octanol–water partition coefficient (Wildman–Crippen LogP) is 4.81. The van der Waals surface area contributed by atoms with E-state index in [0.717, 1.165) is 33.4 Å². The smallest absolute Gasteiger partial charge is 0.203 e. The van der Waals surface area contributed by atoms with Crippen molar-refractivity contribution in [3.05, 3.63) is 95.1 Å². The van der Waals surface area contributed by atoms with Crippen LogP contribution in [0.1, 0.15) is 22.3 Å². The third-order valence-electron chi connectivity index (χ3n) is 13.0. The Bertz CT molecular complexity index is 2140. The quantitative estimate of drug-likeness (QED) is 0.0387. The van der Waals surface area contributed by atoms with Gasteiger partial charge in [0.15, 0.2) is 23.0 Å². The van der Waals surface area contributed by atoms with Crippen LogP contribution in [0.15, 0.2) is 72.8 Å². The summed E-state index contributed by atoms with van der Waals surface area (Å²) < 4.78 is 108. The van der Waals surface area contributed by atoms with Gasteiger partial charge in [0.2, 0.25) is 11.5 Å². The number of epoxide rings is 6. The highest BCUT2D eigenvalue weighted by Gasteiger charge is 2.48. The summed E-state index contributed by atoms with van der Waals surface area (Å²) in [6.07, 6.45) is 0.707. The molecule has 18 nitrogen and oxygen atoms in total. The Morgan fingerprint density at radius 1 is 0.329 bits per heavy atom. The van der Waals surface area contributed by atoms with Gasteiger partial charge in [-0.15, -0.1) is 0 Å². The normalized spacial score (nSPS) is 23.0. The van der Waals surface area contributed by atoms with Gasteiger partial charge in [-0.2, -0.15) is 0 Å². The highest BCUT2D eigenvalue weighted by atomic mass is 16.6. The van der Waals surface area contributed by atoms with Gasteiger partial charge in [-0.25, -0.2) is 0 Å². The van der Waals surface area contributed by atoms with E-state index >= 15 is 0 Å². The number of hydrogen-bond acceptors (Lipinski definition) is 18. The summed E-state index contributed by atoms with van der Waals surface area (Å²) in [7, 11) is 0. The summed E-state index contributed by atoms with van der Waals surface area (Å²) in [5, 5.41) is 0. The van der Waals surface area contributed by atoms with E-state index in [9.17, 15) is 0 Å². The first kappa shape index (κ1) is 50.4. The first-order chi connectivity index (χ1) is 36.2. The van der Waals surface area contributed by atoms with Crippen LogP contribution < -0.4 is 28.4 Å². The van der Waals surface area contributed by atoms with E-state index in [1.807, 2.05) is 0 Å². The van der Waals surface area contributed by atoms with E-state index in [4.69, 9.17) is 85.3 Å². The van der Waals surface area contributed by atoms with Crippen molar-refractivity contribution in [2.45, 2.75) is 42.0 Å². The zero-order valence-electron chi connectivity index (χ0n) is 41.2. The molecule has 0 spiro atoms. The van der Waals surface area contributed by atoms with Gasteiger partial charge in [-0.3, -0.25) is 0 Å². The molecule has 0 radical (unpaired) electrons. The fraction of sp³-hybridized carbons (Fsp3) is 0.564. The monoisotopic (exact) mass is 1010 g/mol.